The second kappa shape index (κ2) is 6.45. The zero-order valence-electron chi connectivity index (χ0n) is 13.3. The number of nitriles is 3. The normalized spacial score (nSPS) is 24.4. The average Bonchev–Trinajstić information content (AvgIpc) is 2.64. The van der Waals surface area contributed by atoms with Gasteiger partial charge in [0.25, 0.3) is 0 Å². The maximum Gasteiger partial charge on any atom is 0.191 e. The number of nitrogens with zero attached hydrogens (tertiary/aromatic N) is 3. The van der Waals surface area contributed by atoms with Gasteiger partial charge >= 0.3 is 0 Å². The van der Waals surface area contributed by atoms with E-state index in [0.29, 0.717) is 15.6 Å². The van der Waals surface area contributed by atoms with Crippen molar-refractivity contribution in [3.63, 3.8) is 0 Å². The van der Waals surface area contributed by atoms with Gasteiger partial charge < -0.3 is 5.73 Å². The molecule has 0 radical (unpaired) electrons. The lowest BCUT2D eigenvalue weighted by Crippen LogP contribution is -2.42. The molecule has 124 valence electrons. The molecule has 0 heterocycles. The number of fused-ring (bicyclic) bond motifs is 1. The molecule has 0 aromatic heterocycles. The van der Waals surface area contributed by atoms with Crippen molar-refractivity contribution >= 4 is 23.2 Å². The van der Waals surface area contributed by atoms with Crippen molar-refractivity contribution in [1.29, 1.82) is 15.8 Å². The standard InChI is InChI=1S/C19H14Cl2N4/c20-15-7-3-6-13(17(15)21)16-12-5-2-1-4-11(12)14(8-22)18(25)19(16,9-23)10-24/h3-4,6-7,12,16H,1-2,5,25H2/t12-,16-/m0/s1. The molecule has 0 spiro atoms. The first-order chi connectivity index (χ1) is 12.0. The van der Waals surface area contributed by atoms with Crippen LogP contribution in [0.2, 0.25) is 10.0 Å². The number of nitrogens with two attached hydrogens (primary N) is 1. The Morgan fingerprint density at radius 2 is 1.88 bits per heavy atom. The van der Waals surface area contributed by atoms with Gasteiger partial charge in [0.15, 0.2) is 5.41 Å². The molecule has 0 amide bonds. The predicted octanol–water partition coefficient (Wildman–Crippen LogP) is 4.59. The third-order valence-corrected chi connectivity index (χ3v) is 5.95. The van der Waals surface area contributed by atoms with Crippen molar-refractivity contribution in [3.8, 4) is 18.2 Å². The average molecular weight is 369 g/mol. The summed E-state index contributed by atoms with van der Waals surface area (Å²) < 4.78 is 0. The first-order valence-electron chi connectivity index (χ1n) is 7.89. The summed E-state index contributed by atoms with van der Waals surface area (Å²) in [6.07, 6.45) is 4.49. The summed E-state index contributed by atoms with van der Waals surface area (Å²) >= 11 is 12.6. The van der Waals surface area contributed by atoms with Gasteiger partial charge in [0.05, 0.1) is 33.5 Å². The largest absolute Gasteiger partial charge is 0.399 e. The highest BCUT2D eigenvalue weighted by molar-refractivity contribution is 6.42. The summed E-state index contributed by atoms with van der Waals surface area (Å²) in [6.45, 7) is 0. The molecular formula is C19H14Cl2N4. The first kappa shape index (κ1) is 17.4. The number of benzene rings is 1. The molecule has 0 fully saturated rings. The highest BCUT2D eigenvalue weighted by Gasteiger charge is 2.54. The van der Waals surface area contributed by atoms with Crippen molar-refractivity contribution in [2.75, 3.05) is 0 Å². The van der Waals surface area contributed by atoms with E-state index < -0.39 is 11.3 Å². The highest BCUT2D eigenvalue weighted by atomic mass is 35.5. The van der Waals surface area contributed by atoms with Crippen LogP contribution in [0.3, 0.4) is 0 Å². The molecule has 0 unspecified atom stereocenters. The fraction of sp³-hybridized carbons (Fsp3) is 0.316. The van der Waals surface area contributed by atoms with Crippen molar-refractivity contribution in [2.24, 2.45) is 17.1 Å². The lowest BCUT2D eigenvalue weighted by molar-refractivity contribution is 0.317. The molecule has 2 N–H and O–H groups in total. The van der Waals surface area contributed by atoms with Crippen molar-refractivity contribution in [2.45, 2.75) is 25.2 Å². The molecule has 1 aromatic rings. The van der Waals surface area contributed by atoms with Gasteiger partial charge in [-0.05, 0) is 42.4 Å². The van der Waals surface area contributed by atoms with Gasteiger partial charge in [-0.1, -0.05) is 41.4 Å². The molecule has 0 saturated carbocycles. The van der Waals surface area contributed by atoms with Crippen LogP contribution in [0.15, 0.2) is 41.1 Å². The summed E-state index contributed by atoms with van der Waals surface area (Å²) in [7, 11) is 0. The molecule has 2 atom stereocenters. The Labute approximate surface area is 156 Å². The topological polar surface area (TPSA) is 97.4 Å². The molecule has 0 bridgehead atoms. The monoisotopic (exact) mass is 368 g/mol. The second-order valence-corrected chi connectivity index (χ2v) is 7.03. The van der Waals surface area contributed by atoms with E-state index in [4.69, 9.17) is 28.9 Å². The summed E-state index contributed by atoms with van der Waals surface area (Å²) in [4.78, 5) is 0. The zero-order valence-corrected chi connectivity index (χ0v) is 14.8. The van der Waals surface area contributed by atoms with E-state index in [1.54, 1.807) is 18.2 Å². The Morgan fingerprint density at radius 1 is 1.16 bits per heavy atom. The summed E-state index contributed by atoms with van der Waals surface area (Å²) in [6, 6.07) is 11.5. The van der Waals surface area contributed by atoms with Crippen LogP contribution in [0.1, 0.15) is 30.7 Å². The number of halogens is 2. The molecule has 25 heavy (non-hydrogen) atoms. The fourth-order valence-corrected chi connectivity index (χ4v) is 4.40. The molecule has 1 aromatic carbocycles. The number of hydrogen-bond acceptors (Lipinski definition) is 4. The lowest BCUT2D eigenvalue weighted by Gasteiger charge is -2.43. The van der Waals surface area contributed by atoms with Crippen LogP contribution >= 0.6 is 23.2 Å². The predicted molar refractivity (Wildman–Crippen MR) is 95.1 cm³/mol. The zero-order chi connectivity index (χ0) is 18.2. The Kier molecular flexibility index (Phi) is 4.49. The van der Waals surface area contributed by atoms with Gasteiger partial charge in [-0.15, -0.1) is 0 Å². The number of allylic oxidation sites excluding steroid dienone is 4. The van der Waals surface area contributed by atoms with Gasteiger partial charge in [0, 0.05) is 5.92 Å². The van der Waals surface area contributed by atoms with E-state index in [1.807, 2.05) is 6.08 Å². The van der Waals surface area contributed by atoms with Crippen LogP contribution < -0.4 is 5.73 Å². The minimum absolute atomic E-state index is 0.00504. The van der Waals surface area contributed by atoms with E-state index in [1.165, 1.54) is 0 Å². The van der Waals surface area contributed by atoms with Crippen LogP contribution in [-0.2, 0) is 0 Å². The third-order valence-electron chi connectivity index (χ3n) is 5.12. The number of hydrogen-bond donors (Lipinski definition) is 1. The minimum atomic E-state index is -1.65. The van der Waals surface area contributed by atoms with Crippen molar-refractivity contribution in [3.05, 3.63) is 56.7 Å². The van der Waals surface area contributed by atoms with Gasteiger partial charge in [0.1, 0.15) is 6.07 Å². The molecular weight excluding hydrogens is 355 g/mol. The maximum atomic E-state index is 9.92. The first-order valence-corrected chi connectivity index (χ1v) is 8.64. The molecule has 6 heteroatoms. The van der Waals surface area contributed by atoms with E-state index in [2.05, 4.69) is 18.2 Å². The minimum Gasteiger partial charge on any atom is -0.399 e. The Hall–Kier alpha value is -2.45. The molecule has 0 saturated heterocycles. The quantitative estimate of drug-likeness (QED) is 0.783. The highest BCUT2D eigenvalue weighted by Crippen LogP contribution is 2.57. The Morgan fingerprint density at radius 3 is 2.52 bits per heavy atom. The Balaban J connectivity index is 2.38. The van der Waals surface area contributed by atoms with Crippen molar-refractivity contribution < 1.29 is 0 Å². The van der Waals surface area contributed by atoms with Gasteiger partial charge in [-0.2, -0.15) is 15.8 Å². The third kappa shape index (κ3) is 2.40. The van der Waals surface area contributed by atoms with E-state index in [0.717, 1.165) is 24.8 Å². The van der Waals surface area contributed by atoms with Crippen LogP contribution in [0.5, 0.6) is 0 Å². The van der Waals surface area contributed by atoms with Crippen LogP contribution in [0.25, 0.3) is 0 Å². The molecule has 0 aliphatic heterocycles. The van der Waals surface area contributed by atoms with E-state index in [9.17, 15) is 15.8 Å². The van der Waals surface area contributed by atoms with Gasteiger partial charge in [-0.3, -0.25) is 0 Å². The van der Waals surface area contributed by atoms with E-state index in [-0.39, 0.29) is 17.2 Å². The van der Waals surface area contributed by atoms with Crippen LogP contribution in [-0.4, -0.2) is 0 Å². The van der Waals surface area contributed by atoms with E-state index >= 15 is 0 Å². The summed E-state index contributed by atoms with van der Waals surface area (Å²) in [5, 5.41) is 30.1. The SMILES string of the molecule is N#CC1=C(N)C(C#N)(C#N)[C@H](c2cccc(Cl)c2Cl)[C@H]2CCCC=C12. The summed E-state index contributed by atoms with van der Waals surface area (Å²) in [5.74, 6) is -0.747. The Bertz CT molecular complexity index is 910. The second-order valence-electron chi connectivity index (χ2n) is 6.25. The van der Waals surface area contributed by atoms with Gasteiger partial charge in [-0.25, -0.2) is 0 Å². The molecule has 3 rings (SSSR count). The molecule has 4 nitrogen and oxygen atoms in total. The molecule has 2 aliphatic carbocycles. The van der Waals surface area contributed by atoms with Gasteiger partial charge in [0.2, 0.25) is 0 Å². The number of rotatable bonds is 1. The maximum absolute atomic E-state index is 9.92. The fourth-order valence-electron chi connectivity index (χ4n) is 3.98. The lowest BCUT2D eigenvalue weighted by atomic mass is 9.57. The smallest absolute Gasteiger partial charge is 0.191 e. The molecule has 2 aliphatic rings. The van der Waals surface area contributed by atoms with Crippen LogP contribution in [0.4, 0.5) is 0 Å². The van der Waals surface area contributed by atoms with Crippen molar-refractivity contribution in [1.82, 2.24) is 0 Å². The summed E-state index contributed by atoms with van der Waals surface area (Å²) in [5.41, 5.74) is 6.24. The van der Waals surface area contributed by atoms with Crippen LogP contribution in [0, 0.1) is 45.3 Å².